The molecule has 31 heavy (non-hydrogen) atoms. The quantitative estimate of drug-likeness (QED) is 0.246. The van der Waals surface area contributed by atoms with Crippen LogP contribution in [0.15, 0.2) is 85.3 Å². The number of carbonyl (C=O) groups excluding carboxylic acids is 1. The monoisotopic (exact) mass is 430 g/mol. The zero-order valence-electron chi connectivity index (χ0n) is 17.0. The Hall–Kier alpha value is -3.44. The highest BCUT2D eigenvalue weighted by Gasteiger charge is 2.07. The van der Waals surface area contributed by atoms with Gasteiger partial charge in [0, 0.05) is 53.4 Å². The minimum absolute atomic E-state index is 0.167. The minimum Gasteiger partial charge on any atom is -0.354 e. The Morgan fingerprint density at radius 2 is 1.68 bits per heavy atom. The summed E-state index contributed by atoms with van der Waals surface area (Å²) >= 11 is 5.96. The van der Waals surface area contributed by atoms with Crippen molar-refractivity contribution in [2.24, 2.45) is 0 Å². The molecule has 4 rings (SSSR count). The number of halogens is 1. The predicted molar refractivity (Wildman–Crippen MR) is 125 cm³/mol. The molecule has 0 aliphatic heterocycles. The number of nitrogens with one attached hydrogen (secondary N) is 1. The maximum Gasteiger partial charge on any atom is 0.227 e. The Balaban J connectivity index is 1.32. The van der Waals surface area contributed by atoms with Crippen LogP contribution in [0.3, 0.4) is 0 Å². The zero-order chi connectivity index (χ0) is 21.5. The van der Waals surface area contributed by atoms with E-state index in [0.29, 0.717) is 17.4 Å². The number of aromatic nitrogens is 3. The smallest absolute Gasteiger partial charge is 0.227 e. The third-order valence-electron chi connectivity index (χ3n) is 4.99. The van der Waals surface area contributed by atoms with Crippen molar-refractivity contribution >= 4 is 29.0 Å². The zero-order valence-corrected chi connectivity index (χ0v) is 17.8. The summed E-state index contributed by atoms with van der Waals surface area (Å²) < 4.78 is 2.13. The largest absolute Gasteiger partial charge is 0.354 e. The van der Waals surface area contributed by atoms with Gasteiger partial charge in [-0.3, -0.25) is 4.79 Å². The average molecular weight is 431 g/mol. The van der Waals surface area contributed by atoms with Gasteiger partial charge < -0.3 is 9.88 Å². The number of hydrogen-bond acceptors (Lipinski definition) is 4. The maximum absolute atomic E-state index is 12.4. The molecule has 0 aliphatic rings. The number of aryl methyl sites for hydroxylation is 1. The van der Waals surface area contributed by atoms with Crippen LogP contribution >= 0.6 is 11.6 Å². The fourth-order valence-corrected chi connectivity index (χ4v) is 3.44. The molecule has 0 aliphatic carbocycles. The number of nitrogens with zero attached hydrogens (tertiary/aromatic N) is 3. The van der Waals surface area contributed by atoms with E-state index < -0.39 is 0 Å². The summed E-state index contributed by atoms with van der Waals surface area (Å²) in [6.07, 6.45) is 8.22. The molecule has 156 valence electrons. The van der Waals surface area contributed by atoms with Gasteiger partial charge in [-0.05, 0) is 67.4 Å². The summed E-state index contributed by atoms with van der Waals surface area (Å²) in [4.78, 5) is 21.3. The van der Waals surface area contributed by atoms with Crippen LogP contribution in [0.25, 0.3) is 11.3 Å². The first-order chi connectivity index (χ1) is 15.2. The summed E-state index contributed by atoms with van der Waals surface area (Å²) in [5.74, 6) is 0.664. The fraction of sp³-hybridized carbons (Fsp3) is 0.160. The third-order valence-corrected chi connectivity index (χ3v) is 5.25. The first-order valence-electron chi connectivity index (χ1n) is 10.3. The molecule has 2 aromatic carbocycles. The Morgan fingerprint density at radius 3 is 2.42 bits per heavy atom. The standard InChI is InChI=1S/C25H23ClN4O/c26-21-10-6-19(7-11-21)23-14-15-27-25(29-23)28-22-12-8-20(9-13-22)24(31)5-1-2-16-30-17-3-4-18-30/h3-4,6-15,17-18H,1-2,5,16H2,(H,27,28,29). The first kappa shape index (κ1) is 20.8. The topological polar surface area (TPSA) is 59.8 Å². The molecule has 0 spiro atoms. The molecule has 1 N–H and O–H groups in total. The molecule has 0 radical (unpaired) electrons. The number of carbonyl (C=O) groups is 1. The van der Waals surface area contributed by atoms with Crippen LogP contribution in [0.2, 0.25) is 5.02 Å². The first-order valence-corrected chi connectivity index (χ1v) is 10.7. The van der Waals surface area contributed by atoms with Gasteiger partial charge in [0.2, 0.25) is 5.95 Å². The molecule has 2 aromatic heterocycles. The van der Waals surface area contributed by atoms with E-state index in [1.165, 1.54) is 0 Å². The van der Waals surface area contributed by atoms with Crippen molar-refractivity contribution in [2.45, 2.75) is 25.8 Å². The molecule has 0 saturated heterocycles. The maximum atomic E-state index is 12.4. The van der Waals surface area contributed by atoms with Crippen LogP contribution in [-0.2, 0) is 6.54 Å². The molecule has 0 bridgehead atoms. The van der Waals surface area contributed by atoms with Crippen LogP contribution in [-0.4, -0.2) is 20.3 Å². The van der Waals surface area contributed by atoms with E-state index in [1.54, 1.807) is 6.20 Å². The second-order valence-corrected chi connectivity index (χ2v) is 7.71. The number of unbranched alkanes of at least 4 members (excludes halogenated alkanes) is 1. The summed E-state index contributed by atoms with van der Waals surface area (Å²) in [6, 6.07) is 20.9. The van der Waals surface area contributed by atoms with Gasteiger partial charge in [0.25, 0.3) is 0 Å². The van der Waals surface area contributed by atoms with Crippen molar-refractivity contribution in [1.82, 2.24) is 14.5 Å². The molecule has 0 unspecified atom stereocenters. The summed E-state index contributed by atoms with van der Waals surface area (Å²) in [5.41, 5.74) is 3.33. The third kappa shape index (κ3) is 5.80. The fourth-order valence-electron chi connectivity index (χ4n) is 3.31. The normalized spacial score (nSPS) is 10.7. The molecule has 4 aromatic rings. The van der Waals surface area contributed by atoms with Crippen molar-refractivity contribution in [3.63, 3.8) is 0 Å². The van der Waals surface area contributed by atoms with E-state index in [9.17, 15) is 4.79 Å². The minimum atomic E-state index is 0.167. The number of benzene rings is 2. The average Bonchev–Trinajstić information content (AvgIpc) is 3.31. The Bertz CT molecular complexity index is 1120. The lowest BCUT2D eigenvalue weighted by molar-refractivity contribution is 0.0979. The highest BCUT2D eigenvalue weighted by Crippen LogP contribution is 2.22. The van der Waals surface area contributed by atoms with E-state index >= 15 is 0 Å². The second-order valence-electron chi connectivity index (χ2n) is 7.28. The summed E-state index contributed by atoms with van der Waals surface area (Å²) in [7, 11) is 0. The predicted octanol–water partition coefficient (Wildman–Crippen LogP) is 6.40. The van der Waals surface area contributed by atoms with Gasteiger partial charge in [0.15, 0.2) is 5.78 Å². The van der Waals surface area contributed by atoms with Gasteiger partial charge in [0.05, 0.1) is 5.69 Å². The van der Waals surface area contributed by atoms with Crippen molar-refractivity contribution < 1.29 is 4.79 Å². The van der Waals surface area contributed by atoms with Crippen molar-refractivity contribution in [2.75, 3.05) is 5.32 Å². The summed E-state index contributed by atoms with van der Waals surface area (Å²) in [6.45, 7) is 0.943. The molecule has 0 saturated carbocycles. The van der Waals surface area contributed by atoms with Gasteiger partial charge in [-0.15, -0.1) is 0 Å². The van der Waals surface area contributed by atoms with E-state index in [-0.39, 0.29) is 5.78 Å². The van der Waals surface area contributed by atoms with E-state index in [4.69, 9.17) is 11.6 Å². The number of rotatable bonds is 9. The lowest BCUT2D eigenvalue weighted by atomic mass is 10.1. The number of ketones is 1. The van der Waals surface area contributed by atoms with Gasteiger partial charge in [-0.1, -0.05) is 23.7 Å². The molecular weight excluding hydrogens is 408 g/mol. The lowest BCUT2D eigenvalue weighted by Gasteiger charge is -2.08. The molecule has 0 amide bonds. The van der Waals surface area contributed by atoms with Gasteiger partial charge in [0.1, 0.15) is 0 Å². The number of anilines is 2. The lowest BCUT2D eigenvalue weighted by Crippen LogP contribution is -2.02. The van der Waals surface area contributed by atoms with E-state index in [2.05, 4.69) is 19.9 Å². The highest BCUT2D eigenvalue weighted by molar-refractivity contribution is 6.30. The highest BCUT2D eigenvalue weighted by atomic mass is 35.5. The van der Waals surface area contributed by atoms with E-state index in [1.807, 2.05) is 79.1 Å². The molecule has 6 heteroatoms. The van der Waals surface area contributed by atoms with Crippen LogP contribution in [0.5, 0.6) is 0 Å². The van der Waals surface area contributed by atoms with Crippen LogP contribution in [0.1, 0.15) is 29.6 Å². The molecule has 0 fully saturated rings. The molecular formula is C25H23ClN4O. The molecule has 0 atom stereocenters. The van der Waals surface area contributed by atoms with Crippen LogP contribution < -0.4 is 5.32 Å². The Morgan fingerprint density at radius 1 is 0.935 bits per heavy atom. The number of Topliss-reactive ketones (excluding diaryl/α,β-unsaturated/α-hetero) is 1. The van der Waals surface area contributed by atoms with Gasteiger partial charge in [-0.25, -0.2) is 9.97 Å². The van der Waals surface area contributed by atoms with Gasteiger partial charge in [-0.2, -0.15) is 0 Å². The molecule has 5 nitrogen and oxygen atoms in total. The Kier molecular flexibility index (Phi) is 6.75. The SMILES string of the molecule is O=C(CCCCn1cccc1)c1ccc(Nc2nccc(-c3ccc(Cl)cc3)n2)cc1. The molecule has 2 heterocycles. The van der Waals surface area contributed by atoms with Crippen molar-refractivity contribution in [3.05, 3.63) is 95.9 Å². The summed E-state index contributed by atoms with van der Waals surface area (Å²) in [5, 5.41) is 3.88. The van der Waals surface area contributed by atoms with Crippen LogP contribution in [0, 0.1) is 0 Å². The van der Waals surface area contributed by atoms with Crippen LogP contribution in [0.4, 0.5) is 11.6 Å². The van der Waals surface area contributed by atoms with Gasteiger partial charge >= 0.3 is 0 Å². The van der Waals surface area contributed by atoms with E-state index in [0.717, 1.165) is 41.9 Å². The Labute approximate surface area is 186 Å². The second kappa shape index (κ2) is 10.0. The number of hydrogen-bond donors (Lipinski definition) is 1. The van der Waals surface area contributed by atoms with Crippen molar-refractivity contribution in [3.8, 4) is 11.3 Å². The van der Waals surface area contributed by atoms with Crippen molar-refractivity contribution in [1.29, 1.82) is 0 Å².